The predicted octanol–water partition coefficient (Wildman–Crippen LogP) is 5.61. The van der Waals surface area contributed by atoms with Gasteiger partial charge in [0, 0.05) is 16.5 Å². The van der Waals surface area contributed by atoms with E-state index in [9.17, 15) is 0 Å². The van der Waals surface area contributed by atoms with E-state index in [1.807, 2.05) is 0 Å². The molecule has 0 spiro atoms. The number of benzene rings is 4. The van der Waals surface area contributed by atoms with Crippen molar-refractivity contribution in [2.75, 3.05) is 0 Å². The van der Waals surface area contributed by atoms with Gasteiger partial charge in [0.05, 0.1) is 0 Å². The molecule has 0 amide bonds. The molecule has 0 unspecified atom stereocenters. The van der Waals surface area contributed by atoms with Gasteiger partial charge in [0.1, 0.15) is 0 Å². The van der Waals surface area contributed by atoms with E-state index in [0.717, 1.165) is 8.58 Å². The zero-order chi connectivity index (χ0) is 19.4. The molecule has 4 rings (SSSR count). The Morgan fingerprint density at radius 2 is 0.828 bits per heavy atom. The Balaban J connectivity index is 0.000000202. The van der Waals surface area contributed by atoms with Gasteiger partial charge in [-0.1, -0.05) is 141 Å². The van der Waals surface area contributed by atoms with Gasteiger partial charge < -0.3 is 0 Å². The minimum Gasteiger partial charge on any atom is -0.297 e. The molecule has 0 nitrogen and oxygen atoms in total. The Morgan fingerprint density at radius 3 is 1.14 bits per heavy atom. The summed E-state index contributed by atoms with van der Waals surface area (Å²) in [5.41, 5.74) is 0. The van der Waals surface area contributed by atoms with Gasteiger partial charge in [-0.05, 0) is 10.6 Å². The molecule has 0 aliphatic heterocycles. The fraction of sp³-hybridized carbons (Fsp3) is 0.0385. The molecule has 0 atom stereocenters. The molecule has 3 heteroatoms. The van der Waals surface area contributed by atoms with Crippen molar-refractivity contribution in [3.63, 3.8) is 0 Å². The quantitative estimate of drug-likeness (QED) is 0.207. The zero-order valence-electron chi connectivity index (χ0n) is 16.4. The maximum atomic E-state index is 2.31. The van der Waals surface area contributed by atoms with Crippen molar-refractivity contribution in [3.05, 3.63) is 127 Å². The normalized spacial score (nSPS) is 9.86. The van der Waals surface area contributed by atoms with Crippen LogP contribution in [-0.2, 0) is 16.5 Å². The molecule has 0 saturated carbocycles. The number of rotatable bonds is 5. The molecule has 0 aromatic heterocycles. The van der Waals surface area contributed by atoms with Crippen molar-refractivity contribution in [1.29, 1.82) is 0 Å². The first-order chi connectivity index (χ1) is 13.9. The fourth-order valence-corrected chi connectivity index (χ4v) is 5.77. The van der Waals surface area contributed by atoms with E-state index in [1.54, 1.807) is 0 Å². The van der Waals surface area contributed by atoms with Crippen LogP contribution in [0.3, 0.4) is 0 Å². The van der Waals surface area contributed by atoms with Gasteiger partial charge in [-0.25, -0.2) is 7.92 Å². The van der Waals surface area contributed by atoms with Crippen molar-refractivity contribution >= 4 is 37.7 Å². The third-order valence-corrected chi connectivity index (χ3v) is 7.63. The zero-order valence-corrected chi connectivity index (χ0v) is 19.3. The van der Waals surface area contributed by atoms with Crippen molar-refractivity contribution in [3.8, 4) is 0 Å². The van der Waals surface area contributed by atoms with E-state index in [-0.39, 0.29) is 24.4 Å². The third kappa shape index (κ3) is 7.87. The minimum atomic E-state index is -0.274. The molecule has 0 aliphatic carbocycles. The fourth-order valence-electron chi connectivity index (χ4n) is 2.83. The van der Waals surface area contributed by atoms with Gasteiger partial charge >= 0.3 is 0 Å². The summed E-state index contributed by atoms with van der Waals surface area (Å²) >= 11 is 0. The van der Waals surface area contributed by atoms with Crippen molar-refractivity contribution < 1.29 is 16.5 Å². The summed E-state index contributed by atoms with van der Waals surface area (Å²) in [6.07, 6.45) is 2.31. The van der Waals surface area contributed by atoms with Crippen LogP contribution < -0.4 is 21.2 Å². The Morgan fingerprint density at radius 1 is 0.517 bits per heavy atom. The molecule has 4 aromatic carbocycles. The predicted molar refractivity (Wildman–Crippen MR) is 130 cm³/mol. The van der Waals surface area contributed by atoms with Gasteiger partial charge in [0.15, 0.2) is 0 Å². The van der Waals surface area contributed by atoms with Gasteiger partial charge in [0.25, 0.3) is 0 Å². The molecule has 0 fully saturated rings. The van der Waals surface area contributed by atoms with E-state index in [0.29, 0.717) is 0 Å². The van der Waals surface area contributed by atoms with Crippen molar-refractivity contribution in [2.24, 2.45) is 0 Å². The van der Waals surface area contributed by atoms with Crippen LogP contribution in [0, 0.1) is 6.16 Å². The minimum absolute atomic E-state index is 0. The second-order valence-corrected chi connectivity index (χ2v) is 9.85. The average molecular weight is 458 g/mol. The second kappa shape index (κ2) is 13.5. The summed E-state index contributed by atoms with van der Waals surface area (Å²) in [7, 11) is 0.503. The summed E-state index contributed by atoms with van der Waals surface area (Å²) < 4.78 is 0. The first-order valence-corrected chi connectivity index (χ1v) is 11.8. The molecule has 0 radical (unpaired) electrons. The van der Waals surface area contributed by atoms with E-state index < -0.39 is 0 Å². The average Bonchev–Trinajstić information content (AvgIpc) is 2.78. The summed E-state index contributed by atoms with van der Waals surface area (Å²) in [5.74, 6) is 0. The maximum absolute atomic E-state index is 2.31. The van der Waals surface area contributed by atoms with E-state index >= 15 is 0 Å². The van der Waals surface area contributed by atoms with E-state index in [4.69, 9.17) is 0 Å². The molecular weight excluding hydrogens is 433 g/mol. The Labute approximate surface area is 188 Å². The molecule has 0 N–H and O–H groups in total. The van der Waals surface area contributed by atoms with Crippen LogP contribution in [0.1, 0.15) is 6.92 Å². The topological polar surface area (TPSA) is 0 Å². The largest absolute Gasteiger partial charge is 0.297 e. The first kappa shape index (κ1) is 23.5. The molecule has 0 heterocycles. The standard InChI is InChI=1S/C14H14P.C12H11P.Ni/c1-2-15(13-9-5-3-6-10-13)14-11-7-4-8-12-14;1-3-7-11(8-4-1)13-12-9-5-2-6-10-12;/h2-12H,1H3;1-10,13H;/q-1;;. The van der Waals surface area contributed by atoms with Crippen LogP contribution in [0.4, 0.5) is 0 Å². The number of hydrogen-bond acceptors (Lipinski definition) is 0. The number of hydrogen-bond donors (Lipinski definition) is 0. The molecule has 29 heavy (non-hydrogen) atoms. The van der Waals surface area contributed by atoms with Gasteiger partial charge in [-0.15, -0.1) is 0 Å². The van der Waals surface area contributed by atoms with Crippen LogP contribution in [0.2, 0.25) is 0 Å². The van der Waals surface area contributed by atoms with E-state index in [1.165, 1.54) is 21.2 Å². The first-order valence-electron chi connectivity index (χ1n) is 9.43. The Kier molecular flexibility index (Phi) is 10.9. The van der Waals surface area contributed by atoms with Gasteiger partial charge in [0.2, 0.25) is 0 Å². The molecule has 0 saturated heterocycles. The second-order valence-electron chi connectivity index (χ2n) is 6.16. The smallest absolute Gasteiger partial charge is 0 e. The molecular formula is C26H25NiP2-. The van der Waals surface area contributed by atoms with Crippen LogP contribution in [0.25, 0.3) is 0 Å². The van der Waals surface area contributed by atoms with Crippen molar-refractivity contribution in [1.82, 2.24) is 0 Å². The summed E-state index contributed by atoms with van der Waals surface area (Å²) in [4.78, 5) is 0. The summed E-state index contributed by atoms with van der Waals surface area (Å²) in [6.45, 7) is 2.14. The van der Waals surface area contributed by atoms with Crippen molar-refractivity contribution in [2.45, 2.75) is 6.92 Å². The van der Waals surface area contributed by atoms with Crippen LogP contribution >= 0.6 is 16.5 Å². The molecule has 0 aliphatic rings. The van der Waals surface area contributed by atoms with Crippen LogP contribution in [-0.4, -0.2) is 0 Å². The van der Waals surface area contributed by atoms with Crippen LogP contribution in [0.5, 0.6) is 0 Å². The summed E-state index contributed by atoms with van der Waals surface area (Å²) in [6, 6.07) is 42.5. The molecule has 150 valence electrons. The summed E-state index contributed by atoms with van der Waals surface area (Å²) in [5, 5.41) is 5.63. The molecule has 4 aromatic rings. The Hall–Kier alpha value is -1.77. The third-order valence-electron chi connectivity index (χ3n) is 4.16. The maximum Gasteiger partial charge on any atom is 0 e. The van der Waals surface area contributed by atoms with Gasteiger partial charge in [-0.3, -0.25) is 6.16 Å². The SMILES string of the molecule is C[CH-]P(c1ccccc1)c1ccccc1.[Ni].c1ccc(Pc2ccccc2)cc1. The van der Waals surface area contributed by atoms with E-state index in [2.05, 4.69) is 134 Å². The molecule has 0 bridgehead atoms. The monoisotopic (exact) mass is 457 g/mol. The van der Waals surface area contributed by atoms with Crippen LogP contribution in [0.15, 0.2) is 121 Å². The Bertz CT molecular complexity index is 837. The van der Waals surface area contributed by atoms with Gasteiger partial charge in [-0.2, -0.15) is 6.92 Å².